The molecule has 346 valence electrons. The largest absolute Gasteiger partial charge is 0.508 e. The van der Waals surface area contributed by atoms with Crippen LogP contribution in [0.1, 0.15) is 64.0 Å². The molecule has 14 N–H and O–H groups in total. The summed E-state index contributed by atoms with van der Waals surface area (Å²) in [5.74, 6) is -8.60. The number of aliphatic hydroxyl groups is 1. The van der Waals surface area contributed by atoms with Crippen LogP contribution in [0.4, 0.5) is 0 Å². The Bertz CT molecular complexity index is 1880. The number of benzene rings is 2. The van der Waals surface area contributed by atoms with Crippen molar-refractivity contribution in [3.8, 4) is 5.75 Å². The number of unbranched alkanes of at least 4 members (excludes halogenated alkanes) is 1. The molecule has 0 aliphatic carbocycles. The van der Waals surface area contributed by atoms with E-state index in [9.17, 15) is 63.8 Å². The van der Waals surface area contributed by atoms with Crippen molar-refractivity contribution < 1.29 is 58.7 Å². The Morgan fingerprint density at radius 2 is 1.24 bits per heavy atom. The lowest BCUT2D eigenvalue weighted by Gasteiger charge is -2.28. The number of hydrogen-bond acceptors (Lipinski definition) is 13. The van der Waals surface area contributed by atoms with Gasteiger partial charge in [-0.1, -0.05) is 56.3 Å². The van der Waals surface area contributed by atoms with Gasteiger partial charge in [-0.2, -0.15) is 0 Å². The summed E-state index contributed by atoms with van der Waals surface area (Å²) < 4.78 is 0. The fourth-order valence-corrected chi connectivity index (χ4v) is 6.06. The Labute approximate surface area is 363 Å². The molecule has 0 heterocycles. The van der Waals surface area contributed by atoms with Crippen LogP contribution in [0.25, 0.3) is 0 Å². The highest BCUT2D eigenvalue weighted by Crippen LogP contribution is 2.13. The van der Waals surface area contributed by atoms with Crippen LogP contribution in [0.3, 0.4) is 0 Å². The number of amides is 7. The Hall–Kier alpha value is -6.88. The number of phenolic OH excluding ortho intramolecular Hbond substituents is 1. The van der Waals surface area contributed by atoms with Gasteiger partial charge >= 0.3 is 5.97 Å². The van der Waals surface area contributed by atoms with Crippen molar-refractivity contribution in [1.29, 1.82) is 0 Å². The molecular weight excluding hydrogens is 828 g/mol. The number of hydrazine groups is 1. The number of rotatable bonds is 28. The molecule has 0 aliphatic heterocycles. The lowest BCUT2D eigenvalue weighted by atomic mass is 10.0. The van der Waals surface area contributed by atoms with Crippen molar-refractivity contribution in [2.45, 2.75) is 108 Å². The highest BCUT2D eigenvalue weighted by molar-refractivity contribution is 5.96. The second kappa shape index (κ2) is 26.5. The van der Waals surface area contributed by atoms with Gasteiger partial charge in [0.1, 0.15) is 36.0 Å². The quantitative estimate of drug-likeness (QED) is 0.0237. The number of aromatic hydroxyl groups is 1. The number of carboxylic acids is 1. The van der Waals surface area contributed by atoms with Crippen LogP contribution in [-0.2, 0) is 51.2 Å². The van der Waals surface area contributed by atoms with Crippen LogP contribution in [-0.4, -0.2) is 123 Å². The third kappa shape index (κ3) is 19.2. The average Bonchev–Trinajstić information content (AvgIpc) is 3.21. The van der Waals surface area contributed by atoms with Gasteiger partial charge in [0.2, 0.25) is 41.4 Å². The zero-order valence-corrected chi connectivity index (χ0v) is 35.2. The fraction of sp³-hybridized carbons (Fsp3) is 0.500. The number of hydrogen-bond donors (Lipinski definition) is 12. The molecule has 23 heteroatoms. The minimum atomic E-state index is -1.77. The number of primary amides is 1. The van der Waals surface area contributed by atoms with Gasteiger partial charge in [-0.3, -0.25) is 33.6 Å². The van der Waals surface area contributed by atoms with E-state index >= 15 is 0 Å². The normalized spacial score (nSPS) is 14.3. The molecule has 23 nitrogen and oxygen atoms in total. The van der Waals surface area contributed by atoms with Crippen LogP contribution in [0.15, 0.2) is 54.6 Å². The highest BCUT2D eigenvalue weighted by atomic mass is 16.7. The molecule has 0 aromatic heterocycles. The first-order valence-corrected chi connectivity index (χ1v) is 20.1. The first-order valence-electron chi connectivity index (χ1n) is 20.1. The Kier molecular flexibility index (Phi) is 21.9. The number of nitrogens with two attached hydrogens (primary N) is 2. The van der Waals surface area contributed by atoms with Crippen molar-refractivity contribution in [3.05, 3.63) is 75.8 Å². The van der Waals surface area contributed by atoms with Gasteiger partial charge in [-0.05, 0) is 68.3 Å². The summed E-state index contributed by atoms with van der Waals surface area (Å²) in [7, 11) is 0. The standard InChI is InChI=1S/C40H58N10O13/c1-22(2)33(38(58)43-21-32(54)44-29(19-24-9-5-4-6-10-24)36(56)46-28(40(60)61)11-7-8-18-41)47-39(59)34(23(3)51)48-35(55)27(16-17-31(42)53)45-37(57)30(49-50(62)63)20-25-12-14-26(52)15-13-25/h4-6,9-10,12-15,22-23,27-30,33-34,49,51-52H,7-8,11,16-21,41H2,1-3H3,(H2,42,53)(H,43,58)(H,44,54)(H,45,57)(H,46,56)(H,47,59)(H,48,55)(H,60,61)/t23-,27+,28+,29+,30+,33+,34+/m1/s1. The monoisotopic (exact) mass is 886 g/mol. The van der Waals surface area contributed by atoms with Gasteiger partial charge in [-0.15, -0.1) is 5.43 Å². The van der Waals surface area contributed by atoms with E-state index in [1.807, 2.05) is 5.43 Å². The summed E-state index contributed by atoms with van der Waals surface area (Å²) in [5, 5.41) is 54.5. The summed E-state index contributed by atoms with van der Waals surface area (Å²) in [6.45, 7) is 3.89. The highest BCUT2D eigenvalue weighted by Gasteiger charge is 2.35. The lowest BCUT2D eigenvalue weighted by molar-refractivity contribution is -0.548. The van der Waals surface area contributed by atoms with Crippen molar-refractivity contribution in [2.75, 3.05) is 13.1 Å². The first-order chi connectivity index (χ1) is 29.7. The van der Waals surface area contributed by atoms with E-state index in [0.29, 0.717) is 30.5 Å². The summed E-state index contributed by atoms with van der Waals surface area (Å²) >= 11 is 0. The summed E-state index contributed by atoms with van der Waals surface area (Å²) in [4.78, 5) is 115. The minimum absolute atomic E-state index is 0.0259. The van der Waals surface area contributed by atoms with Crippen LogP contribution in [0.5, 0.6) is 5.75 Å². The molecule has 63 heavy (non-hydrogen) atoms. The number of nitrogens with one attached hydrogen (secondary N) is 7. The number of carbonyl (C=O) groups is 8. The van der Waals surface area contributed by atoms with E-state index in [4.69, 9.17) is 11.5 Å². The van der Waals surface area contributed by atoms with E-state index in [-0.39, 0.29) is 25.0 Å². The van der Waals surface area contributed by atoms with Gasteiger partial charge < -0.3 is 58.7 Å². The van der Waals surface area contributed by atoms with Gasteiger partial charge in [-0.25, -0.2) is 14.9 Å². The maximum atomic E-state index is 13.6. The van der Waals surface area contributed by atoms with Gasteiger partial charge in [0.15, 0.2) is 11.1 Å². The number of carbonyl (C=O) groups excluding carboxylic acids is 7. The second-order valence-electron chi connectivity index (χ2n) is 15.0. The van der Waals surface area contributed by atoms with E-state index in [0.717, 1.165) is 6.92 Å². The molecule has 0 unspecified atom stereocenters. The number of carboxylic acid groups (broad SMARTS) is 1. The van der Waals surface area contributed by atoms with Crippen molar-refractivity contribution in [2.24, 2.45) is 17.4 Å². The van der Waals surface area contributed by atoms with E-state index in [1.165, 1.54) is 24.3 Å². The Morgan fingerprint density at radius 1 is 0.683 bits per heavy atom. The van der Waals surface area contributed by atoms with Crippen molar-refractivity contribution in [1.82, 2.24) is 37.3 Å². The van der Waals surface area contributed by atoms with Gasteiger partial charge in [0, 0.05) is 19.3 Å². The summed E-state index contributed by atoms with van der Waals surface area (Å²) in [5.41, 5.74) is 13.7. The van der Waals surface area contributed by atoms with Crippen LogP contribution in [0.2, 0.25) is 0 Å². The summed E-state index contributed by atoms with van der Waals surface area (Å²) in [6, 6.07) is 5.17. The molecule has 0 saturated heterocycles. The van der Waals surface area contributed by atoms with Crippen molar-refractivity contribution in [3.63, 3.8) is 0 Å². The van der Waals surface area contributed by atoms with Crippen LogP contribution < -0.4 is 48.8 Å². The maximum Gasteiger partial charge on any atom is 0.326 e. The molecule has 0 fully saturated rings. The second-order valence-corrected chi connectivity index (χ2v) is 15.0. The number of nitrogens with zero attached hydrogens (tertiary/aromatic N) is 1. The molecule has 0 aliphatic rings. The van der Waals surface area contributed by atoms with Gasteiger partial charge in [0.05, 0.1) is 12.6 Å². The molecule has 2 rings (SSSR count). The summed E-state index contributed by atoms with van der Waals surface area (Å²) in [6.07, 6.45) is -1.73. The molecular formula is C40H58N10O13. The smallest absolute Gasteiger partial charge is 0.326 e. The third-order valence-electron chi connectivity index (χ3n) is 9.49. The maximum absolute atomic E-state index is 13.6. The number of phenols is 1. The van der Waals surface area contributed by atoms with E-state index in [2.05, 4.69) is 31.9 Å². The first kappa shape index (κ1) is 52.3. The Balaban J connectivity index is 2.19. The molecule has 7 atom stereocenters. The predicted molar refractivity (Wildman–Crippen MR) is 224 cm³/mol. The molecule has 2 aromatic rings. The SMILES string of the molecule is CC(C)[C@H](NC(=O)[C@@H](NC(=O)[C@H](CCC(N)=O)NC(=O)[C@H](Cc1ccc(O)cc1)N[N+](=O)[O-])[C@@H](C)O)C(=O)NCC(=O)N[C@@H](Cc1ccccc1)C(=O)N[C@@H](CCCCN)C(=O)O. The average molecular weight is 887 g/mol. The molecule has 0 spiro atoms. The molecule has 7 amide bonds. The van der Waals surface area contributed by atoms with Gasteiger partial charge in [0.25, 0.3) is 0 Å². The number of aliphatic carboxylic acids is 1. The minimum Gasteiger partial charge on any atom is -0.508 e. The number of aliphatic hydroxyl groups excluding tert-OH is 1. The van der Waals surface area contributed by atoms with Crippen LogP contribution >= 0.6 is 0 Å². The lowest BCUT2D eigenvalue weighted by Crippen LogP contribution is -2.61. The predicted octanol–water partition coefficient (Wildman–Crippen LogP) is -2.62. The fourth-order valence-electron chi connectivity index (χ4n) is 6.06. The molecule has 0 bridgehead atoms. The molecule has 0 radical (unpaired) electrons. The zero-order valence-electron chi connectivity index (χ0n) is 35.2. The van der Waals surface area contributed by atoms with E-state index in [1.54, 1.807) is 44.2 Å². The topological polar surface area (TPSA) is 377 Å². The molecule has 0 saturated carbocycles. The third-order valence-corrected chi connectivity index (χ3v) is 9.49. The zero-order chi connectivity index (χ0) is 47.2. The Morgan fingerprint density at radius 3 is 1.79 bits per heavy atom. The van der Waals surface area contributed by atoms with Crippen molar-refractivity contribution >= 4 is 47.3 Å². The molecule has 2 aromatic carbocycles. The number of nitro groups is 1. The van der Waals surface area contributed by atoms with E-state index < -0.39 is 120 Å². The van der Waals surface area contributed by atoms with Crippen LogP contribution in [0, 0.1) is 16.0 Å².